The zero-order chi connectivity index (χ0) is 28.0. The van der Waals surface area contributed by atoms with Crippen LogP contribution in [0.15, 0.2) is 128 Å². The molecule has 0 aliphatic carbocycles. The van der Waals surface area contributed by atoms with Crippen LogP contribution in [-0.4, -0.2) is 23.8 Å². The Morgan fingerprint density at radius 1 is 0.829 bits per heavy atom. The van der Waals surface area contributed by atoms with Gasteiger partial charge in [-0.3, -0.25) is 0 Å². The molecule has 0 saturated heterocycles. The number of nitrogens with one attached hydrogen (secondary N) is 1. The van der Waals surface area contributed by atoms with Crippen molar-refractivity contribution >= 4 is 17.3 Å². The molecule has 0 spiro atoms. The first-order chi connectivity index (χ1) is 20.1. The predicted octanol–water partition coefficient (Wildman–Crippen LogP) is 6.15. The SMILES string of the molecule is O=C(O)C1Cc2ccccc2CN1c1cccc(OCNc2ccc(C[n+]3ccc(-c4ccccc4)cc3)cc2)c1. The van der Waals surface area contributed by atoms with E-state index in [0.717, 1.165) is 29.0 Å². The third-order valence-corrected chi connectivity index (χ3v) is 7.52. The maximum absolute atomic E-state index is 12.1. The van der Waals surface area contributed by atoms with Crippen molar-refractivity contribution in [2.24, 2.45) is 0 Å². The quantitative estimate of drug-likeness (QED) is 0.173. The number of pyridine rings is 1. The van der Waals surface area contributed by atoms with Crippen LogP contribution in [0, 0.1) is 0 Å². The van der Waals surface area contributed by atoms with Gasteiger partial charge in [0, 0.05) is 48.1 Å². The van der Waals surface area contributed by atoms with Crippen molar-refractivity contribution in [3.63, 3.8) is 0 Å². The molecule has 0 bridgehead atoms. The van der Waals surface area contributed by atoms with E-state index in [1.807, 2.05) is 53.4 Å². The summed E-state index contributed by atoms with van der Waals surface area (Å²) in [5.41, 5.74) is 7.68. The van der Waals surface area contributed by atoms with Crippen LogP contribution in [0.5, 0.6) is 5.75 Å². The van der Waals surface area contributed by atoms with E-state index in [1.165, 1.54) is 16.7 Å². The lowest BCUT2D eigenvalue weighted by atomic mass is 9.93. The molecule has 1 aliphatic heterocycles. The number of carboxylic acid groups (broad SMARTS) is 1. The lowest BCUT2D eigenvalue weighted by Gasteiger charge is -2.36. The van der Waals surface area contributed by atoms with Gasteiger partial charge in [0.25, 0.3) is 0 Å². The molecule has 5 aromatic rings. The number of carbonyl (C=O) groups is 1. The van der Waals surface area contributed by atoms with Gasteiger partial charge >= 0.3 is 5.97 Å². The minimum absolute atomic E-state index is 0.295. The number of hydrogen-bond donors (Lipinski definition) is 2. The second kappa shape index (κ2) is 12.0. The molecule has 204 valence electrons. The zero-order valence-electron chi connectivity index (χ0n) is 22.7. The molecule has 6 nitrogen and oxygen atoms in total. The number of aromatic nitrogens is 1. The first-order valence-electron chi connectivity index (χ1n) is 13.8. The Morgan fingerprint density at radius 3 is 2.29 bits per heavy atom. The van der Waals surface area contributed by atoms with E-state index in [-0.39, 0.29) is 0 Å². The van der Waals surface area contributed by atoms with E-state index in [4.69, 9.17) is 4.74 Å². The van der Waals surface area contributed by atoms with Gasteiger partial charge in [-0.25, -0.2) is 9.36 Å². The zero-order valence-corrected chi connectivity index (χ0v) is 22.7. The Balaban J connectivity index is 1.04. The molecule has 1 aliphatic rings. The molecule has 41 heavy (non-hydrogen) atoms. The topological polar surface area (TPSA) is 65.7 Å². The number of benzene rings is 4. The molecule has 1 aromatic heterocycles. The summed E-state index contributed by atoms with van der Waals surface area (Å²) in [6.07, 6.45) is 4.70. The summed E-state index contributed by atoms with van der Waals surface area (Å²) in [7, 11) is 0. The van der Waals surface area contributed by atoms with Gasteiger partial charge < -0.3 is 20.1 Å². The lowest BCUT2D eigenvalue weighted by Crippen LogP contribution is -2.45. The smallest absolute Gasteiger partial charge is 0.326 e. The van der Waals surface area contributed by atoms with E-state index >= 15 is 0 Å². The highest BCUT2D eigenvalue weighted by Gasteiger charge is 2.31. The van der Waals surface area contributed by atoms with E-state index in [1.54, 1.807) is 0 Å². The molecule has 4 aromatic carbocycles. The molecule has 0 radical (unpaired) electrons. The Hall–Kier alpha value is -5.10. The van der Waals surface area contributed by atoms with Gasteiger partial charge in [0.2, 0.25) is 0 Å². The van der Waals surface area contributed by atoms with Gasteiger partial charge in [0.1, 0.15) is 11.8 Å². The third-order valence-electron chi connectivity index (χ3n) is 7.52. The molecule has 1 unspecified atom stereocenters. The van der Waals surface area contributed by atoms with E-state index in [9.17, 15) is 9.90 Å². The van der Waals surface area contributed by atoms with Crippen LogP contribution in [0.4, 0.5) is 11.4 Å². The van der Waals surface area contributed by atoms with E-state index in [0.29, 0.717) is 25.4 Å². The van der Waals surface area contributed by atoms with Crippen LogP contribution < -0.4 is 19.5 Å². The number of hydrogen-bond acceptors (Lipinski definition) is 4. The average molecular weight is 543 g/mol. The molecule has 0 fully saturated rings. The van der Waals surface area contributed by atoms with Crippen molar-refractivity contribution in [1.82, 2.24) is 0 Å². The Morgan fingerprint density at radius 2 is 1.54 bits per heavy atom. The average Bonchev–Trinajstić information content (AvgIpc) is 3.02. The normalized spacial score (nSPS) is 14.2. The summed E-state index contributed by atoms with van der Waals surface area (Å²) in [5.74, 6) is -0.136. The molecule has 6 heteroatoms. The number of rotatable bonds is 9. The predicted molar refractivity (Wildman–Crippen MR) is 161 cm³/mol. The first kappa shape index (κ1) is 26.1. The molecule has 6 rings (SSSR count). The van der Waals surface area contributed by atoms with Crippen molar-refractivity contribution in [3.8, 4) is 16.9 Å². The van der Waals surface area contributed by atoms with E-state index in [2.05, 4.69) is 89.0 Å². The summed E-state index contributed by atoms with van der Waals surface area (Å²) in [4.78, 5) is 14.0. The lowest BCUT2D eigenvalue weighted by molar-refractivity contribution is -0.688. The van der Waals surface area contributed by atoms with Crippen molar-refractivity contribution in [2.45, 2.75) is 25.6 Å². The monoisotopic (exact) mass is 542 g/mol. The van der Waals surface area contributed by atoms with Crippen molar-refractivity contribution in [3.05, 3.63) is 144 Å². The molecular formula is C35H32N3O3+. The van der Waals surface area contributed by atoms with Crippen LogP contribution in [0.25, 0.3) is 11.1 Å². The summed E-state index contributed by atoms with van der Waals surface area (Å²) in [6, 6.07) is 38.1. The van der Waals surface area contributed by atoms with Crippen LogP contribution in [0.2, 0.25) is 0 Å². The molecule has 1 atom stereocenters. The summed E-state index contributed by atoms with van der Waals surface area (Å²) in [6.45, 7) is 1.64. The number of nitrogens with zero attached hydrogens (tertiary/aromatic N) is 2. The number of anilines is 2. The highest BCUT2D eigenvalue weighted by Crippen LogP contribution is 2.31. The number of ether oxygens (including phenoxy) is 1. The van der Waals surface area contributed by atoms with Crippen molar-refractivity contribution in [1.29, 1.82) is 0 Å². The molecule has 0 amide bonds. The minimum atomic E-state index is -0.821. The third kappa shape index (κ3) is 6.23. The highest BCUT2D eigenvalue weighted by molar-refractivity contribution is 5.80. The van der Waals surface area contributed by atoms with Gasteiger partial charge in [0.05, 0.1) is 0 Å². The molecular weight excluding hydrogens is 510 g/mol. The fourth-order valence-electron chi connectivity index (χ4n) is 5.29. The first-order valence-corrected chi connectivity index (χ1v) is 13.8. The van der Waals surface area contributed by atoms with Gasteiger partial charge in [-0.05, 0) is 46.5 Å². The molecule has 2 heterocycles. The summed E-state index contributed by atoms with van der Waals surface area (Å²) < 4.78 is 8.16. The Labute approximate surface area is 240 Å². The van der Waals surface area contributed by atoms with Gasteiger partial charge in [0.15, 0.2) is 25.7 Å². The maximum atomic E-state index is 12.1. The van der Waals surface area contributed by atoms with E-state index < -0.39 is 12.0 Å². The molecule has 2 N–H and O–H groups in total. The Bertz CT molecular complexity index is 1620. The standard InChI is InChI=1S/C35H31N3O3/c39-35(40)34-21-29-9-4-5-10-30(29)24-38(34)32-11-6-12-33(22-32)41-25-36-31-15-13-26(14-16-31)23-37-19-17-28(18-20-37)27-7-2-1-3-8-27/h1-20,22,34,36H,21,23-25H2/p+1. The van der Waals surface area contributed by atoms with Gasteiger partial charge in [-0.2, -0.15) is 0 Å². The van der Waals surface area contributed by atoms with Gasteiger partial charge in [-0.1, -0.05) is 72.8 Å². The van der Waals surface area contributed by atoms with Gasteiger partial charge in [-0.15, -0.1) is 0 Å². The van der Waals surface area contributed by atoms with Crippen molar-refractivity contribution < 1.29 is 19.2 Å². The molecule has 0 saturated carbocycles. The fraction of sp³-hybridized carbons (Fsp3) is 0.143. The Kier molecular flexibility index (Phi) is 7.63. The second-order valence-corrected chi connectivity index (χ2v) is 10.2. The number of carboxylic acids is 1. The van der Waals surface area contributed by atoms with Crippen LogP contribution in [-0.2, 0) is 24.3 Å². The maximum Gasteiger partial charge on any atom is 0.326 e. The van der Waals surface area contributed by atoms with Crippen LogP contribution in [0.1, 0.15) is 16.7 Å². The highest BCUT2D eigenvalue weighted by atomic mass is 16.5. The second-order valence-electron chi connectivity index (χ2n) is 10.2. The summed E-state index contributed by atoms with van der Waals surface area (Å²) in [5, 5.41) is 13.2. The number of fused-ring (bicyclic) bond motifs is 1. The summed E-state index contributed by atoms with van der Waals surface area (Å²) >= 11 is 0. The fourth-order valence-corrected chi connectivity index (χ4v) is 5.29. The van der Waals surface area contributed by atoms with Crippen LogP contribution >= 0.6 is 0 Å². The minimum Gasteiger partial charge on any atom is -0.480 e. The number of aliphatic carboxylic acids is 1. The van der Waals surface area contributed by atoms with Crippen LogP contribution in [0.3, 0.4) is 0 Å². The largest absolute Gasteiger partial charge is 0.480 e. The van der Waals surface area contributed by atoms with Crippen molar-refractivity contribution in [2.75, 3.05) is 16.9 Å².